The molecule has 0 aliphatic rings. The number of hydrogen-bond donors (Lipinski definition) is 0. The summed E-state index contributed by atoms with van der Waals surface area (Å²) in [4.78, 5) is 27.6. The smallest absolute Gasteiger partial charge is 0.312 e. The van der Waals surface area contributed by atoms with Crippen LogP contribution in [0, 0.1) is 0 Å². The number of amides is 2. The van der Waals surface area contributed by atoms with Crippen LogP contribution in [0.4, 0.5) is 0 Å². The Labute approximate surface area is 126 Å². The van der Waals surface area contributed by atoms with Crippen LogP contribution >= 0.6 is 0 Å². The molecule has 21 heavy (non-hydrogen) atoms. The lowest BCUT2D eigenvalue weighted by molar-refractivity contribution is -0.151. The molecule has 112 valence electrons. The maximum Gasteiger partial charge on any atom is 0.312 e. The monoisotopic (exact) mass is 286 g/mol. The first-order valence-electron chi connectivity index (χ1n) is 6.97. The van der Waals surface area contributed by atoms with Gasteiger partial charge in [-0.2, -0.15) is 0 Å². The molecule has 0 aliphatic heterocycles. The van der Waals surface area contributed by atoms with Gasteiger partial charge >= 0.3 is 11.8 Å². The zero-order chi connectivity index (χ0) is 15.7. The minimum Gasteiger partial charge on any atom is -0.330 e. The third-order valence-corrected chi connectivity index (χ3v) is 3.05. The average molecular weight is 286 g/mol. The van der Waals surface area contributed by atoms with Crippen molar-refractivity contribution in [2.75, 3.05) is 19.6 Å². The zero-order valence-corrected chi connectivity index (χ0v) is 12.5. The maximum atomic E-state index is 12.3. The Hall–Kier alpha value is -2.36. The summed E-state index contributed by atoms with van der Waals surface area (Å²) in [7, 11) is 0. The van der Waals surface area contributed by atoms with Crippen molar-refractivity contribution in [3.05, 3.63) is 61.2 Å². The van der Waals surface area contributed by atoms with Crippen LogP contribution in [0.25, 0.3) is 0 Å². The standard InChI is InChI=1S/C17H22N2O2/c1-4-12-19(13-5-2)17(21)16(20)18(6-3)14-15-10-8-7-9-11-15/h4-5,7-11H,1-2,6,12-14H2,3H3. The van der Waals surface area contributed by atoms with Crippen LogP contribution in [0.2, 0.25) is 0 Å². The quantitative estimate of drug-likeness (QED) is 0.570. The van der Waals surface area contributed by atoms with Gasteiger partial charge in [0.2, 0.25) is 0 Å². The minimum absolute atomic E-state index is 0.333. The largest absolute Gasteiger partial charge is 0.330 e. The highest BCUT2D eigenvalue weighted by molar-refractivity contribution is 6.34. The van der Waals surface area contributed by atoms with Gasteiger partial charge in [0.1, 0.15) is 0 Å². The molecule has 0 bridgehead atoms. The molecule has 0 aromatic heterocycles. The molecule has 0 atom stereocenters. The summed E-state index contributed by atoms with van der Waals surface area (Å²) < 4.78 is 0. The maximum absolute atomic E-state index is 12.3. The Morgan fingerprint density at radius 2 is 1.52 bits per heavy atom. The molecule has 0 heterocycles. The van der Waals surface area contributed by atoms with E-state index in [1.54, 1.807) is 12.2 Å². The van der Waals surface area contributed by atoms with Crippen LogP contribution in [0.1, 0.15) is 12.5 Å². The predicted octanol–water partition coefficient (Wildman–Crippen LogP) is 2.24. The number of benzene rings is 1. The Morgan fingerprint density at radius 1 is 1.00 bits per heavy atom. The van der Waals surface area contributed by atoms with Gasteiger partial charge in [-0.1, -0.05) is 42.5 Å². The predicted molar refractivity (Wildman–Crippen MR) is 84.5 cm³/mol. The van der Waals surface area contributed by atoms with Crippen molar-refractivity contribution in [2.24, 2.45) is 0 Å². The molecule has 2 amide bonds. The van der Waals surface area contributed by atoms with Crippen LogP contribution in [0.15, 0.2) is 55.6 Å². The van der Waals surface area contributed by atoms with Crippen molar-refractivity contribution in [2.45, 2.75) is 13.5 Å². The SMILES string of the molecule is C=CCN(CC=C)C(=O)C(=O)N(CC)Cc1ccccc1. The summed E-state index contributed by atoms with van der Waals surface area (Å²) >= 11 is 0. The molecule has 0 N–H and O–H groups in total. The van der Waals surface area contributed by atoms with Crippen molar-refractivity contribution >= 4 is 11.8 Å². The third-order valence-electron chi connectivity index (χ3n) is 3.05. The molecule has 0 spiro atoms. The summed E-state index contributed by atoms with van der Waals surface area (Å²) in [5.41, 5.74) is 1.000. The highest BCUT2D eigenvalue weighted by Crippen LogP contribution is 2.06. The van der Waals surface area contributed by atoms with Crippen LogP contribution in [0.3, 0.4) is 0 Å². The molecule has 1 aromatic rings. The fraction of sp³-hybridized carbons (Fsp3) is 0.294. The Morgan fingerprint density at radius 3 is 2.00 bits per heavy atom. The van der Waals surface area contributed by atoms with Crippen molar-refractivity contribution in [3.8, 4) is 0 Å². The first-order chi connectivity index (χ1) is 10.1. The van der Waals surface area contributed by atoms with Crippen molar-refractivity contribution < 1.29 is 9.59 Å². The van der Waals surface area contributed by atoms with Crippen LogP contribution in [-0.4, -0.2) is 41.2 Å². The van der Waals surface area contributed by atoms with Crippen molar-refractivity contribution in [3.63, 3.8) is 0 Å². The second kappa shape index (κ2) is 8.74. The molecule has 0 saturated heterocycles. The summed E-state index contributed by atoms with van der Waals surface area (Å²) in [5.74, 6) is -1.02. The van der Waals surface area contributed by atoms with E-state index in [2.05, 4.69) is 13.2 Å². The second-order valence-electron chi connectivity index (χ2n) is 4.59. The first kappa shape index (κ1) is 16.7. The molecule has 1 rings (SSSR count). The summed E-state index contributed by atoms with van der Waals surface area (Å²) in [6.07, 6.45) is 3.20. The molecule has 0 aliphatic carbocycles. The van der Waals surface area contributed by atoms with E-state index in [-0.39, 0.29) is 0 Å². The van der Waals surface area contributed by atoms with Crippen LogP contribution in [0.5, 0.6) is 0 Å². The zero-order valence-electron chi connectivity index (χ0n) is 12.5. The van der Waals surface area contributed by atoms with Gasteiger partial charge in [-0.3, -0.25) is 9.59 Å². The van der Waals surface area contributed by atoms with E-state index in [4.69, 9.17) is 0 Å². The van der Waals surface area contributed by atoms with E-state index in [0.29, 0.717) is 26.2 Å². The normalized spacial score (nSPS) is 9.76. The summed E-state index contributed by atoms with van der Waals surface area (Å²) in [5, 5.41) is 0. The topological polar surface area (TPSA) is 40.6 Å². The van der Waals surface area contributed by atoms with Gasteiger partial charge in [-0.15, -0.1) is 13.2 Å². The van der Waals surface area contributed by atoms with E-state index in [1.165, 1.54) is 9.80 Å². The molecule has 0 radical (unpaired) electrons. The van der Waals surface area contributed by atoms with Gasteiger partial charge in [0.05, 0.1) is 0 Å². The van der Waals surface area contributed by atoms with Crippen molar-refractivity contribution in [1.82, 2.24) is 9.80 Å². The van der Waals surface area contributed by atoms with Gasteiger partial charge < -0.3 is 9.80 Å². The molecule has 0 saturated carbocycles. The number of hydrogen-bond acceptors (Lipinski definition) is 2. The molecular weight excluding hydrogens is 264 g/mol. The molecule has 1 aromatic carbocycles. The minimum atomic E-state index is -0.521. The van der Waals surface area contributed by atoms with Gasteiger partial charge in [0.25, 0.3) is 0 Å². The highest BCUT2D eigenvalue weighted by Gasteiger charge is 2.25. The number of nitrogens with zero attached hydrogens (tertiary/aromatic N) is 2. The summed E-state index contributed by atoms with van der Waals surface area (Å²) in [6.45, 7) is 10.6. The number of rotatable bonds is 7. The third kappa shape index (κ3) is 4.91. The highest BCUT2D eigenvalue weighted by atomic mass is 16.2. The number of carbonyl (C=O) groups excluding carboxylic acids is 2. The Bertz CT molecular complexity index is 487. The first-order valence-corrected chi connectivity index (χ1v) is 6.97. The van der Waals surface area contributed by atoms with Gasteiger partial charge in [0.15, 0.2) is 0 Å². The van der Waals surface area contributed by atoms with Crippen LogP contribution < -0.4 is 0 Å². The van der Waals surface area contributed by atoms with Crippen molar-refractivity contribution in [1.29, 1.82) is 0 Å². The number of likely N-dealkylation sites (N-methyl/N-ethyl adjacent to an activating group) is 1. The fourth-order valence-electron chi connectivity index (χ4n) is 1.95. The van der Waals surface area contributed by atoms with Crippen LogP contribution in [-0.2, 0) is 16.1 Å². The average Bonchev–Trinajstić information content (AvgIpc) is 2.52. The second-order valence-corrected chi connectivity index (χ2v) is 4.59. The Balaban J connectivity index is 2.79. The van der Waals surface area contributed by atoms with Gasteiger partial charge in [0, 0.05) is 26.2 Å². The van der Waals surface area contributed by atoms with E-state index in [1.807, 2.05) is 37.3 Å². The molecular formula is C17H22N2O2. The summed E-state index contributed by atoms with van der Waals surface area (Å²) in [6, 6.07) is 9.62. The lowest BCUT2D eigenvalue weighted by atomic mass is 10.2. The molecule has 4 heteroatoms. The fourth-order valence-corrected chi connectivity index (χ4v) is 1.95. The van der Waals surface area contributed by atoms with E-state index in [9.17, 15) is 9.59 Å². The van der Waals surface area contributed by atoms with E-state index in [0.717, 1.165) is 5.56 Å². The molecule has 0 fully saturated rings. The molecule has 4 nitrogen and oxygen atoms in total. The lowest BCUT2D eigenvalue weighted by Crippen LogP contribution is -2.45. The van der Waals surface area contributed by atoms with E-state index < -0.39 is 11.8 Å². The molecule has 0 unspecified atom stereocenters. The van der Waals surface area contributed by atoms with Gasteiger partial charge in [-0.25, -0.2) is 0 Å². The Kier molecular flexibility index (Phi) is 6.95. The lowest BCUT2D eigenvalue weighted by Gasteiger charge is -2.25. The van der Waals surface area contributed by atoms with E-state index >= 15 is 0 Å². The number of carbonyl (C=O) groups is 2. The van der Waals surface area contributed by atoms with Gasteiger partial charge in [-0.05, 0) is 12.5 Å².